The predicted octanol–water partition coefficient (Wildman–Crippen LogP) is 3.01. The van der Waals surface area contributed by atoms with Gasteiger partial charge in [-0.25, -0.2) is 0 Å². The summed E-state index contributed by atoms with van der Waals surface area (Å²) >= 11 is 0. The molecular formula is C11H16N2. The van der Waals surface area contributed by atoms with Gasteiger partial charge in [-0.1, -0.05) is 32.6 Å². The molecule has 1 rings (SSSR count). The largest absolute Gasteiger partial charge is 0.197 e. The Bertz CT molecular complexity index is 230. The molecule has 1 aliphatic carbocycles. The predicted molar refractivity (Wildman–Crippen MR) is 50.5 cm³/mol. The Balaban J connectivity index is 2.15. The van der Waals surface area contributed by atoms with Crippen molar-refractivity contribution >= 4 is 0 Å². The highest BCUT2D eigenvalue weighted by Crippen LogP contribution is 2.54. The summed E-state index contributed by atoms with van der Waals surface area (Å²) in [6, 6.07) is 4.26. The summed E-state index contributed by atoms with van der Waals surface area (Å²) in [5.41, 5.74) is -0.591. The molecule has 0 N–H and O–H groups in total. The van der Waals surface area contributed by atoms with Gasteiger partial charge in [0.2, 0.25) is 0 Å². The van der Waals surface area contributed by atoms with Crippen LogP contribution in [0.25, 0.3) is 0 Å². The van der Waals surface area contributed by atoms with E-state index in [0.29, 0.717) is 5.92 Å². The molecule has 1 unspecified atom stereocenters. The lowest BCUT2D eigenvalue weighted by Gasteiger charge is -1.98. The maximum atomic E-state index is 8.76. The Morgan fingerprint density at radius 1 is 1.23 bits per heavy atom. The molecule has 0 amide bonds. The van der Waals surface area contributed by atoms with Gasteiger partial charge in [0, 0.05) is 0 Å². The van der Waals surface area contributed by atoms with Gasteiger partial charge in [0.1, 0.15) is 5.41 Å². The highest BCUT2D eigenvalue weighted by Gasteiger charge is 2.55. The topological polar surface area (TPSA) is 47.6 Å². The van der Waals surface area contributed by atoms with Crippen LogP contribution >= 0.6 is 0 Å². The van der Waals surface area contributed by atoms with Crippen molar-refractivity contribution in [3.63, 3.8) is 0 Å². The SMILES string of the molecule is CCCCCCC1CC1(C#N)C#N. The summed E-state index contributed by atoms with van der Waals surface area (Å²) in [4.78, 5) is 0. The zero-order valence-corrected chi connectivity index (χ0v) is 8.21. The first-order chi connectivity index (χ1) is 6.29. The third kappa shape index (κ3) is 2.22. The number of rotatable bonds is 5. The smallest absolute Gasteiger partial charge is 0.147 e. The first-order valence-electron chi connectivity index (χ1n) is 5.11. The normalized spacial score (nSPS) is 23.2. The Labute approximate surface area is 80.2 Å². The van der Waals surface area contributed by atoms with Crippen LogP contribution in [0.2, 0.25) is 0 Å². The van der Waals surface area contributed by atoms with Crippen LogP contribution in [0.3, 0.4) is 0 Å². The van der Waals surface area contributed by atoms with E-state index < -0.39 is 5.41 Å². The minimum atomic E-state index is -0.591. The van der Waals surface area contributed by atoms with Crippen LogP contribution in [-0.4, -0.2) is 0 Å². The third-order valence-electron chi connectivity index (χ3n) is 2.91. The molecule has 0 radical (unpaired) electrons. The summed E-state index contributed by atoms with van der Waals surface area (Å²) < 4.78 is 0. The van der Waals surface area contributed by atoms with Crippen LogP contribution < -0.4 is 0 Å². The van der Waals surface area contributed by atoms with Crippen molar-refractivity contribution in [3.05, 3.63) is 0 Å². The summed E-state index contributed by atoms with van der Waals surface area (Å²) in [6.45, 7) is 2.19. The molecule has 0 spiro atoms. The number of hydrogen-bond acceptors (Lipinski definition) is 2. The van der Waals surface area contributed by atoms with Crippen molar-refractivity contribution in [2.75, 3.05) is 0 Å². The summed E-state index contributed by atoms with van der Waals surface area (Å²) in [6.07, 6.45) is 6.84. The quantitative estimate of drug-likeness (QED) is 0.604. The molecule has 0 saturated heterocycles. The Hall–Kier alpha value is -1.02. The third-order valence-corrected chi connectivity index (χ3v) is 2.91. The molecule has 1 aliphatic rings. The van der Waals surface area contributed by atoms with Crippen LogP contribution in [0.1, 0.15) is 45.4 Å². The van der Waals surface area contributed by atoms with Crippen molar-refractivity contribution in [1.29, 1.82) is 10.5 Å². The summed E-state index contributed by atoms with van der Waals surface area (Å²) in [7, 11) is 0. The van der Waals surface area contributed by atoms with Crippen molar-refractivity contribution in [2.24, 2.45) is 11.3 Å². The molecule has 1 saturated carbocycles. The van der Waals surface area contributed by atoms with Crippen molar-refractivity contribution in [1.82, 2.24) is 0 Å². The molecule has 1 fully saturated rings. The molecule has 0 aromatic carbocycles. The lowest BCUT2D eigenvalue weighted by atomic mass is 10.0. The van der Waals surface area contributed by atoms with Gasteiger partial charge in [-0.15, -0.1) is 0 Å². The minimum absolute atomic E-state index is 0.374. The van der Waals surface area contributed by atoms with E-state index in [-0.39, 0.29) is 0 Å². The maximum Gasteiger partial charge on any atom is 0.147 e. The van der Waals surface area contributed by atoms with Crippen LogP contribution in [0.15, 0.2) is 0 Å². The molecule has 0 aliphatic heterocycles. The van der Waals surface area contributed by atoms with E-state index in [2.05, 4.69) is 19.1 Å². The van der Waals surface area contributed by atoms with E-state index in [0.717, 1.165) is 12.8 Å². The van der Waals surface area contributed by atoms with Crippen LogP contribution in [0.5, 0.6) is 0 Å². The molecule has 13 heavy (non-hydrogen) atoms. The average molecular weight is 176 g/mol. The van der Waals surface area contributed by atoms with E-state index >= 15 is 0 Å². The molecule has 0 bridgehead atoms. The zero-order chi connectivity index (χ0) is 9.73. The van der Waals surface area contributed by atoms with Gasteiger partial charge in [-0.05, 0) is 18.8 Å². The van der Waals surface area contributed by atoms with Crippen LogP contribution in [0.4, 0.5) is 0 Å². The average Bonchev–Trinajstić information content (AvgIpc) is 2.87. The fourth-order valence-corrected chi connectivity index (χ4v) is 1.79. The molecule has 1 atom stereocenters. The fraction of sp³-hybridized carbons (Fsp3) is 0.818. The second-order valence-corrected chi connectivity index (χ2v) is 3.95. The Kier molecular flexibility index (Phi) is 3.32. The van der Waals surface area contributed by atoms with Crippen LogP contribution in [-0.2, 0) is 0 Å². The Morgan fingerprint density at radius 2 is 1.92 bits per heavy atom. The van der Waals surface area contributed by atoms with E-state index in [1.165, 1.54) is 25.7 Å². The van der Waals surface area contributed by atoms with Crippen molar-refractivity contribution < 1.29 is 0 Å². The zero-order valence-electron chi connectivity index (χ0n) is 8.21. The monoisotopic (exact) mass is 176 g/mol. The van der Waals surface area contributed by atoms with Gasteiger partial charge in [0.05, 0.1) is 12.1 Å². The molecule has 0 heterocycles. The maximum absolute atomic E-state index is 8.76. The molecule has 2 nitrogen and oxygen atoms in total. The molecule has 0 aromatic heterocycles. The van der Waals surface area contributed by atoms with E-state index in [1.807, 2.05) is 0 Å². The van der Waals surface area contributed by atoms with Gasteiger partial charge < -0.3 is 0 Å². The highest BCUT2D eigenvalue weighted by molar-refractivity contribution is 5.27. The lowest BCUT2D eigenvalue weighted by molar-refractivity contribution is 0.566. The van der Waals surface area contributed by atoms with Gasteiger partial charge in [0.15, 0.2) is 0 Å². The second kappa shape index (κ2) is 4.28. The van der Waals surface area contributed by atoms with E-state index in [9.17, 15) is 0 Å². The van der Waals surface area contributed by atoms with Gasteiger partial charge in [-0.2, -0.15) is 10.5 Å². The Morgan fingerprint density at radius 3 is 2.38 bits per heavy atom. The van der Waals surface area contributed by atoms with Gasteiger partial charge in [-0.3, -0.25) is 0 Å². The molecule has 2 heteroatoms. The highest BCUT2D eigenvalue weighted by atomic mass is 14.6. The summed E-state index contributed by atoms with van der Waals surface area (Å²) in [5.74, 6) is 0.374. The number of hydrogen-bond donors (Lipinski definition) is 0. The van der Waals surface area contributed by atoms with E-state index in [4.69, 9.17) is 10.5 Å². The molecule has 0 aromatic rings. The number of nitriles is 2. The lowest BCUT2D eigenvalue weighted by Crippen LogP contribution is -1.96. The van der Waals surface area contributed by atoms with Crippen LogP contribution in [0, 0.1) is 34.0 Å². The van der Waals surface area contributed by atoms with E-state index in [1.54, 1.807) is 0 Å². The van der Waals surface area contributed by atoms with Gasteiger partial charge in [0.25, 0.3) is 0 Å². The first kappa shape index (κ1) is 10.1. The first-order valence-corrected chi connectivity index (χ1v) is 5.11. The number of unbranched alkanes of at least 4 members (excludes halogenated alkanes) is 3. The summed E-state index contributed by atoms with van der Waals surface area (Å²) in [5, 5.41) is 17.5. The standard InChI is InChI=1S/C11H16N2/c1-2-3-4-5-6-10-7-11(10,8-12)9-13/h10H,2-7H2,1H3. The second-order valence-electron chi connectivity index (χ2n) is 3.95. The van der Waals surface area contributed by atoms with Crippen molar-refractivity contribution in [3.8, 4) is 12.1 Å². The fourth-order valence-electron chi connectivity index (χ4n) is 1.79. The number of nitrogens with zero attached hydrogens (tertiary/aromatic N) is 2. The van der Waals surface area contributed by atoms with Crippen molar-refractivity contribution in [2.45, 2.75) is 45.4 Å². The molecular weight excluding hydrogens is 160 g/mol. The van der Waals surface area contributed by atoms with Gasteiger partial charge >= 0.3 is 0 Å². The molecule has 70 valence electrons. The minimum Gasteiger partial charge on any atom is -0.197 e.